The summed E-state index contributed by atoms with van der Waals surface area (Å²) in [5.41, 5.74) is -0.891. The lowest BCUT2D eigenvalue weighted by Crippen LogP contribution is -2.43. The van der Waals surface area contributed by atoms with Gasteiger partial charge in [0.05, 0.1) is 5.60 Å². The normalized spacial score (nSPS) is 14.9. The van der Waals surface area contributed by atoms with Gasteiger partial charge < -0.3 is 15.2 Å². The Hall–Kier alpha value is -0.610. The molecule has 1 amide bonds. The Morgan fingerprint density at radius 1 is 1.44 bits per heavy atom. The van der Waals surface area contributed by atoms with Crippen LogP contribution >= 0.6 is 0 Å². The zero-order valence-corrected chi connectivity index (χ0v) is 10.9. The van der Waals surface area contributed by atoms with Gasteiger partial charge in [0, 0.05) is 32.6 Å². The van der Waals surface area contributed by atoms with Crippen molar-refractivity contribution in [2.24, 2.45) is 5.92 Å². The first-order valence-corrected chi connectivity index (χ1v) is 5.95. The van der Waals surface area contributed by atoms with Gasteiger partial charge in [0.15, 0.2) is 0 Å². The van der Waals surface area contributed by atoms with Crippen molar-refractivity contribution in [3.63, 3.8) is 0 Å². The first-order chi connectivity index (χ1) is 7.46. The van der Waals surface area contributed by atoms with Crippen molar-refractivity contribution in [3.05, 3.63) is 0 Å². The van der Waals surface area contributed by atoms with Gasteiger partial charge in [-0.15, -0.1) is 0 Å². The molecular weight excluding hydrogens is 206 g/mol. The molecule has 0 aromatic rings. The summed E-state index contributed by atoms with van der Waals surface area (Å²) in [6.07, 6.45) is 2.19. The lowest BCUT2D eigenvalue weighted by molar-refractivity contribution is -0.126. The first kappa shape index (κ1) is 15.4. The minimum atomic E-state index is -0.891. The zero-order chi connectivity index (χ0) is 12.6. The molecule has 0 aromatic heterocycles. The van der Waals surface area contributed by atoms with Gasteiger partial charge in [-0.25, -0.2) is 0 Å². The van der Waals surface area contributed by atoms with Crippen LogP contribution < -0.4 is 5.32 Å². The summed E-state index contributed by atoms with van der Waals surface area (Å²) in [6.45, 7) is 6.48. The molecule has 0 aliphatic carbocycles. The average Bonchev–Trinajstić information content (AvgIpc) is 2.25. The average molecular weight is 231 g/mol. The topological polar surface area (TPSA) is 58.6 Å². The molecule has 0 aromatic carbocycles. The molecule has 1 unspecified atom stereocenters. The molecule has 4 nitrogen and oxygen atoms in total. The highest BCUT2D eigenvalue weighted by Crippen LogP contribution is 2.10. The molecule has 0 spiro atoms. The molecule has 4 heteroatoms. The summed E-state index contributed by atoms with van der Waals surface area (Å²) in [4.78, 5) is 11.7. The van der Waals surface area contributed by atoms with Gasteiger partial charge in [-0.1, -0.05) is 13.8 Å². The van der Waals surface area contributed by atoms with E-state index in [1.807, 2.05) is 13.8 Å². The monoisotopic (exact) mass is 231 g/mol. The fraction of sp³-hybridized carbons (Fsp3) is 0.917. The molecule has 2 N–H and O–H groups in total. The smallest absolute Gasteiger partial charge is 0.223 e. The minimum absolute atomic E-state index is 0.0303. The SMILES string of the molecule is CCC(CC)C(=O)NCC(C)(O)CCOC. The molecule has 0 radical (unpaired) electrons. The van der Waals surface area contributed by atoms with Crippen molar-refractivity contribution >= 4 is 5.91 Å². The Morgan fingerprint density at radius 3 is 2.44 bits per heavy atom. The van der Waals surface area contributed by atoms with Gasteiger partial charge in [-0.05, 0) is 19.8 Å². The maximum atomic E-state index is 11.7. The highest BCUT2D eigenvalue weighted by molar-refractivity contribution is 5.78. The third kappa shape index (κ3) is 6.08. The Morgan fingerprint density at radius 2 is 2.00 bits per heavy atom. The van der Waals surface area contributed by atoms with Crippen molar-refractivity contribution < 1.29 is 14.6 Å². The predicted molar refractivity (Wildman–Crippen MR) is 64.2 cm³/mol. The third-order valence-electron chi connectivity index (χ3n) is 2.84. The number of amides is 1. The Bertz CT molecular complexity index is 200. The maximum Gasteiger partial charge on any atom is 0.223 e. The molecule has 0 saturated heterocycles. The fourth-order valence-electron chi connectivity index (χ4n) is 1.49. The maximum absolute atomic E-state index is 11.7. The second kappa shape index (κ2) is 7.63. The van der Waals surface area contributed by atoms with Gasteiger partial charge in [0.2, 0.25) is 5.91 Å². The van der Waals surface area contributed by atoms with Crippen molar-refractivity contribution in [3.8, 4) is 0 Å². The van der Waals surface area contributed by atoms with Crippen LogP contribution in [0.25, 0.3) is 0 Å². The van der Waals surface area contributed by atoms with Crippen molar-refractivity contribution in [2.75, 3.05) is 20.3 Å². The van der Waals surface area contributed by atoms with Crippen LogP contribution in [0.4, 0.5) is 0 Å². The fourth-order valence-corrected chi connectivity index (χ4v) is 1.49. The van der Waals surface area contributed by atoms with Crippen LogP contribution in [-0.4, -0.2) is 36.9 Å². The molecule has 0 bridgehead atoms. The van der Waals surface area contributed by atoms with Crippen LogP contribution in [0.15, 0.2) is 0 Å². The molecule has 0 aliphatic rings. The number of carbonyl (C=O) groups is 1. The van der Waals surface area contributed by atoms with Crippen LogP contribution in [0.1, 0.15) is 40.0 Å². The van der Waals surface area contributed by atoms with Gasteiger partial charge >= 0.3 is 0 Å². The highest BCUT2D eigenvalue weighted by atomic mass is 16.5. The predicted octanol–water partition coefficient (Wildman–Crippen LogP) is 1.33. The van der Waals surface area contributed by atoms with Crippen molar-refractivity contribution in [1.29, 1.82) is 0 Å². The van der Waals surface area contributed by atoms with E-state index < -0.39 is 5.60 Å². The zero-order valence-electron chi connectivity index (χ0n) is 10.9. The lowest BCUT2D eigenvalue weighted by Gasteiger charge is -2.24. The molecule has 16 heavy (non-hydrogen) atoms. The van der Waals surface area contributed by atoms with E-state index in [-0.39, 0.29) is 18.4 Å². The van der Waals surface area contributed by atoms with Gasteiger partial charge in [0.1, 0.15) is 0 Å². The van der Waals surface area contributed by atoms with Crippen molar-refractivity contribution in [2.45, 2.75) is 45.6 Å². The quantitative estimate of drug-likeness (QED) is 0.662. The summed E-state index contributed by atoms with van der Waals surface area (Å²) in [5.74, 6) is 0.0842. The second-order valence-corrected chi connectivity index (χ2v) is 4.47. The Labute approximate surface area is 98.4 Å². The first-order valence-electron chi connectivity index (χ1n) is 5.95. The molecule has 0 rings (SSSR count). The van der Waals surface area contributed by atoms with E-state index in [1.54, 1.807) is 14.0 Å². The molecule has 0 fully saturated rings. The Balaban J connectivity index is 3.97. The largest absolute Gasteiger partial charge is 0.388 e. The van der Waals surface area contributed by atoms with E-state index in [4.69, 9.17) is 4.74 Å². The highest BCUT2D eigenvalue weighted by Gasteiger charge is 2.22. The number of nitrogens with one attached hydrogen (secondary N) is 1. The van der Waals surface area contributed by atoms with E-state index >= 15 is 0 Å². The van der Waals surface area contributed by atoms with Gasteiger partial charge in [-0.3, -0.25) is 4.79 Å². The van der Waals surface area contributed by atoms with Gasteiger partial charge in [0.25, 0.3) is 0 Å². The van der Waals surface area contributed by atoms with E-state index in [1.165, 1.54) is 0 Å². The molecule has 1 atom stereocenters. The summed E-state index contributed by atoms with van der Waals surface area (Å²) < 4.78 is 4.90. The van der Waals surface area contributed by atoms with Crippen LogP contribution in [0.5, 0.6) is 0 Å². The second-order valence-electron chi connectivity index (χ2n) is 4.47. The third-order valence-corrected chi connectivity index (χ3v) is 2.84. The number of ether oxygens (including phenoxy) is 1. The molecule has 0 heterocycles. The summed E-state index contributed by atoms with van der Waals surface area (Å²) >= 11 is 0. The molecular formula is C12H25NO3. The van der Waals surface area contributed by atoms with Crippen molar-refractivity contribution in [1.82, 2.24) is 5.32 Å². The number of methoxy groups -OCH3 is 1. The van der Waals surface area contributed by atoms with E-state index in [2.05, 4.69) is 5.32 Å². The number of carbonyl (C=O) groups excluding carboxylic acids is 1. The van der Waals surface area contributed by atoms with Crippen LogP contribution in [-0.2, 0) is 9.53 Å². The standard InChI is InChI=1S/C12H25NO3/c1-5-10(6-2)11(14)13-9-12(3,15)7-8-16-4/h10,15H,5-9H2,1-4H3,(H,13,14). The lowest BCUT2D eigenvalue weighted by atomic mass is 10.00. The number of hydrogen-bond acceptors (Lipinski definition) is 3. The van der Waals surface area contributed by atoms with Crippen LogP contribution in [0.3, 0.4) is 0 Å². The van der Waals surface area contributed by atoms with Crippen LogP contribution in [0.2, 0.25) is 0 Å². The molecule has 0 aliphatic heterocycles. The molecule has 0 saturated carbocycles. The summed E-state index contributed by atoms with van der Waals surface area (Å²) in [6, 6.07) is 0. The van der Waals surface area contributed by atoms with E-state index in [0.717, 1.165) is 12.8 Å². The summed E-state index contributed by atoms with van der Waals surface area (Å²) in [5, 5.41) is 12.7. The van der Waals surface area contributed by atoms with E-state index in [0.29, 0.717) is 13.0 Å². The molecule has 96 valence electrons. The van der Waals surface area contributed by atoms with E-state index in [9.17, 15) is 9.90 Å². The summed E-state index contributed by atoms with van der Waals surface area (Å²) in [7, 11) is 1.60. The Kier molecular flexibility index (Phi) is 7.34. The van der Waals surface area contributed by atoms with Gasteiger partial charge in [-0.2, -0.15) is 0 Å². The minimum Gasteiger partial charge on any atom is -0.388 e. The van der Waals surface area contributed by atoms with Crippen LogP contribution in [0, 0.1) is 5.92 Å². The number of aliphatic hydroxyl groups is 1. The number of hydrogen-bond donors (Lipinski definition) is 2. The number of rotatable bonds is 8.